The minimum atomic E-state index is -0.748. The number of ketones is 1. The topological polar surface area (TPSA) is 70.0 Å². The van der Waals surface area contributed by atoms with Gasteiger partial charge in [0.25, 0.3) is 5.91 Å². The van der Waals surface area contributed by atoms with E-state index in [9.17, 15) is 23.5 Å². The number of amides is 1. The molecule has 1 amide bonds. The highest BCUT2D eigenvalue weighted by Gasteiger charge is 2.32. The predicted octanol–water partition coefficient (Wildman–Crippen LogP) is 4.19. The molecule has 0 radical (unpaired) electrons. The Morgan fingerprint density at radius 2 is 1.97 bits per heavy atom. The molecule has 1 aliphatic rings. The van der Waals surface area contributed by atoms with Crippen molar-refractivity contribution in [3.63, 3.8) is 0 Å². The fourth-order valence-electron chi connectivity index (χ4n) is 4.01. The molecular weight excluding hydrogens is 402 g/mol. The van der Waals surface area contributed by atoms with Gasteiger partial charge in [0.05, 0.1) is 6.21 Å². The van der Waals surface area contributed by atoms with Crippen molar-refractivity contribution >= 4 is 17.9 Å². The molecule has 5 nitrogen and oxygen atoms in total. The van der Waals surface area contributed by atoms with E-state index in [4.69, 9.17) is 0 Å². The summed E-state index contributed by atoms with van der Waals surface area (Å²) in [5.41, 5.74) is 1.22. The van der Waals surface area contributed by atoms with E-state index in [0.29, 0.717) is 24.9 Å². The monoisotopic (exact) mass is 426 g/mol. The number of carbonyl (C=O) groups excluding carboxylic acids is 2. The van der Waals surface area contributed by atoms with E-state index in [-0.39, 0.29) is 12.0 Å². The fraction of sp³-hybridized carbons (Fsp3) is 0.292. The van der Waals surface area contributed by atoms with E-state index >= 15 is 0 Å². The van der Waals surface area contributed by atoms with Crippen molar-refractivity contribution in [2.24, 2.45) is 4.99 Å². The van der Waals surface area contributed by atoms with Crippen LogP contribution >= 0.6 is 0 Å². The summed E-state index contributed by atoms with van der Waals surface area (Å²) < 4.78 is 28.1. The Labute approximate surface area is 179 Å². The van der Waals surface area contributed by atoms with Gasteiger partial charge in [-0.2, -0.15) is 0 Å². The van der Waals surface area contributed by atoms with E-state index in [1.54, 1.807) is 4.90 Å². The van der Waals surface area contributed by atoms with Crippen molar-refractivity contribution in [2.75, 3.05) is 13.6 Å². The van der Waals surface area contributed by atoms with Crippen LogP contribution in [0.2, 0.25) is 0 Å². The Morgan fingerprint density at radius 3 is 2.65 bits per heavy atom. The fourth-order valence-corrected chi connectivity index (χ4v) is 4.01. The molecule has 0 bridgehead atoms. The van der Waals surface area contributed by atoms with Crippen LogP contribution in [0.4, 0.5) is 8.78 Å². The molecule has 2 aromatic carbocycles. The number of allylic oxidation sites excluding steroid dienone is 1. The zero-order valence-electron chi connectivity index (χ0n) is 17.2. The molecule has 0 spiro atoms. The van der Waals surface area contributed by atoms with Gasteiger partial charge in [0.1, 0.15) is 11.6 Å². The summed E-state index contributed by atoms with van der Waals surface area (Å²) in [5, 5.41) is 9.85. The van der Waals surface area contributed by atoms with Gasteiger partial charge in [0.15, 0.2) is 5.76 Å². The van der Waals surface area contributed by atoms with Crippen LogP contribution in [0, 0.1) is 11.6 Å². The van der Waals surface area contributed by atoms with Gasteiger partial charge in [-0.1, -0.05) is 36.4 Å². The zero-order valence-corrected chi connectivity index (χ0v) is 17.2. The molecule has 3 rings (SSSR count). The number of Topliss-reactive ketones (excluding diaryl/α,β-unsaturated/α-hetero) is 1. The van der Waals surface area contributed by atoms with Crippen LogP contribution in [0.25, 0.3) is 0 Å². The highest BCUT2D eigenvalue weighted by molar-refractivity contribution is 6.34. The number of carbonyl (C=O) groups is 2. The number of aliphatic imine (C=N–C) groups is 1. The Kier molecular flexibility index (Phi) is 7.28. The average Bonchev–Trinajstić information content (AvgIpc) is 3.22. The highest BCUT2D eigenvalue weighted by atomic mass is 19.1. The minimum absolute atomic E-state index is 0.221. The quantitative estimate of drug-likeness (QED) is 0.410. The standard InChI is InChI=1S/C24H24F2N2O3/c1-27-15-23(30)22(29)14-24(31)28-11-5-8-18(28)13-20(16-6-3-2-4-7-16)19-10-9-17(25)12-21(19)26/h2-4,6-7,9-10,12,14-15,18,20,29H,5,8,11,13H2,1H3/b22-14-,27-15-/t18-,20+/m1/s1. The van der Waals surface area contributed by atoms with Crippen LogP contribution < -0.4 is 0 Å². The van der Waals surface area contributed by atoms with Crippen molar-refractivity contribution in [3.05, 3.63) is 83.1 Å². The van der Waals surface area contributed by atoms with E-state index in [2.05, 4.69) is 4.99 Å². The summed E-state index contributed by atoms with van der Waals surface area (Å²) >= 11 is 0. The number of benzene rings is 2. The summed E-state index contributed by atoms with van der Waals surface area (Å²) in [4.78, 5) is 29.5. The summed E-state index contributed by atoms with van der Waals surface area (Å²) in [6.45, 7) is 0.469. The normalized spacial score (nSPS) is 17.8. The molecule has 7 heteroatoms. The van der Waals surface area contributed by atoms with E-state index in [0.717, 1.165) is 30.3 Å². The second kappa shape index (κ2) is 10.1. The van der Waals surface area contributed by atoms with Crippen LogP contribution in [0.5, 0.6) is 0 Å². The van der Waals surface area contributed by atoms with E-state index < -0.39 is 29.1 Å². The molecule has 0 aliphatic carbocycles. The molecule has 1 aliphatic heterocycles. The molecule has 1 N–H and O–H groups in total. The van der Waals surface area contributed by atoms with Gasteiger partial charge >= 0.3 is 0 Å². The first-order valence-electron chi connectivity index (χ1n) is 10.1. The third-order valence-electron chi connectivity index (χ3n) is 5.47. The lowest BCUT2D eigenvalue weighted by Gasteiger charge is -2.28. The Hall–Kier alpha value is -3.35. The van der Waals surface area contributed by atoms with Gasteiger partial charge in [-0.15, -0.1) is 0 Å². The van der Waals surface area contributed by atoms with Gasteiger partial charge in [-0.05, 0) is 36.5 Å². The molecule has 2 aromatic rings. The summed E-state index contributed by atoms with van der Waals surface area (Å²) in [6, 6.07) is 12.6. The number of likely N-dealkylation sites (tertiary alicyclic amines) is 1. The second-order valence-corrected chi connectivity index (χ2v) is 7.47. The number of halogens is 2. The molecule has 31 heavy (non-hydrogen) atoms. The van der Waals surface area contributed by atoms with Crippen molar-refractivity contribution in [3.8, 4) is 0 Å². The number of hydrogen-bond acceptors (Lipinski definition) is 4. The Balaban J connectivity index is 1.87. The van der Waals surface area contributed by atoms with E-state index in [1.165, 1.54) is 19.2 Å². The minimum Gasteiger partial charge on any atom is -0.504 e. The Bertz CT molecular complexity index is 1010. The van der Waals surface area contributed by atoms with Gasteiger partial charge in [0.2, 0.25) is 5.78 Å². The van der Waals surface area contributed by atoms with Gasteiger partial charge in [-0.25, -0.2) is 8.78 Å². The van der Waals surface area contributed by atoms with Crippen LogP contribution in [0.3, 0.4) is 0 Å². The Morgan fingerprint density at radius 1 is 1.23 bits per heavy atom. The third kappa shape index (κ3) is 5.42. The maximum Gasteiger partial charge on any atom is 0.250 e. The number of hydrogen-bond donors (Lipinski definition) is 1. The van der Waals surface area contributed by atoms with Gasteiger partial charge in [-0.3, -0.25) is 14.6 Å². The highest BCUT2D eigenvalue weighted by Crippen LogP contribution is 2.35. The molecule has 0 aromatic heterocycles. The molecule has 162 valence electrons. The predicted molar refractivity (Wildman–Crippen MR) is 114 cm³/mol. The third-order valence-corrected chi connectivity index (χ3v) is 5.47. The van der Waals surface area contributed by atoms with Gasteiger partial charge < -0.3 is 10.0 Å². The summed E-state index contributed by atoms with van der Waals surface area (Å²) in [6.07, 6.45) is 3.72. The van der Waals surface area contributed by atoms with Crippen molar-refractivity contribution in [2.45, 2.75) is 31.2 Å². The lowest BCUT2D eigenvalue weighted by atomic mass is 9.85. The van der Waals surface area contributed by atoms with Crippen molar-refractivity contribution < 1.29 is 23.5 Å². The van der Waals surface area contributed by atoms with Gasteiger partial charge in [0, 0.05) is 37.7 Å². The molecule has 1 fully saturated rings. The van der Waals surface area contributed by atoms with Crippen molar-refractivity contribution in [1.29, 1.82) is 0 Å². The first-order chi connectivity index (χ1) is 14.9. The van der Waals surface area contributed by atoms with Crippen LogP contribution in [-0.2, 0) is 9.59 Å². The molecule has 0 unspecified atom stereocenters. The first-order valence-corrected chi connectivity index (χ1v) is 10.1. The SMILES string of the molecule is C/N=C\C(=O)/C(O)=C/C(=O)N1CCC[C@@H]1C[C@@H](c1ccccc1)c1ccc(F)cc1F. The lowest BCUT2D eigenvalue weighted by molar-refractivity contribution is -0.127. The second-order valence-electron chi connectivity index (χ2n) is 7.47. The van der Waals surface area contributed by atoms with E-state index in [1.807, 2.05) is 30.3 Å². The molecule has 1 heterocycles. The van der Waals surface area contributed by atoms with Crippen LogP contribution in [-0.4, -0.2) is 47.5 Å². The first kappa shape index (κ1) is 22.3. The number of nitrogens with zero attached hydrogens (tertiary/aromatic N) is 2. The maximum atomic E-state index is 14.6. The molecule has 2 atom stereocenters. The summed E-state index contributed by atoms with van der Waals surface area (Å²) in [5.74, 6) is -3.57. The largest absolute Gasteiger partial charge is 0.504 e. The smallest absolute Gasteiger partial charge is 0.250 e. The number of aliphatic hydroxyl groups is 1. The molecule has 1 saturated heterocycles. The number of aliphatic hydroxyl groups excluding tert-OH is 1. The lowest BCUT2D eigenvalue weighted by Crippen LogP contribution is -2.36. The zero-order chi connectivity index (χ0) is 22.4. The average molecular weight is 426 g/mol. The maximum absolute atomic E-state index is 14.6. The molecular formula is C24H24F2N2O3. The van der Waals surface area contributed by atoms with Crippen LogP contribution in [0.15, 0.2) is 65.4 Å². The molecule has 0 saturated carbocycles. The van der Waals surface area contributed by atoms with Crippen molar-refractivity contribution in [1.82, 2.24) is 4.90 Å². The summed E-state index contributed by atoms with van der Waals surface area (Å²) in [7, 11) is 1.39. The van der Waals surface area contributed by atoms with Crippen LogP contribution in [0.1, 0.15) is 36.3 Å². The number of rotatable bonds is 7.